The molecule has 32 heavy (non-hydrogen) atoms. The normalized spacial score (nSPS) is 14.3. The van der Waals surface area contributed by atoms with E-state index in [9.17, 15) is 18.5 Å². The Morgan fingerprint density at radius 3 is 2.75 bits per heavy atom. The highest BCUT2D eigenvalue weighted by Gasteiger charge is 2.29. The molecule has 0 saturated heterocycles. The van der Waals surface area contributed by atoms with E-state index in [4.69, 9.17) is 16.6 Å². The Morgan fingerprint density at radius 2 is 1.97 bits per heavy atom. The molecule has 9 heteroatoms. The highest BCUT2D eigenvalue weighted by Crippen LogP contribution is 2.39. The molecule has 0 bridgehead atoms. The van der Waals surface area contributed by atoms with Crippen molar-refractivity contribution in [1.82, 2.24) is 14.7 Å². The first-order valence-corrected chi connectivity index (χ1v) is 11.5. The number of halogens is 1. The van der Waals surface area contributed by atoms with Gasteiger partial charge in [0.15, 0.2) is 5.43 Å². The van der Waals surface area contributed by atoms with Crippen LogP contribution in [0.5, 0.6) is 0 Å². The lowest BCUT2D eigenvalue weighted by molar-refractivity contribution is 0.589. The lowest BCUT2D eigenvalue weighted by atomic mass is 9.93. The van der Waals surface area contributed by atoms with Crippen molar-refractivity contribution in [2.75, 3.05) is 0 Å². The maximum absolute atomic E-state index is 12.5. The van der Waals surface area contributed by atoms with Crippen molar-refractivity contribution >= 4 is 32.7 Å². The van der Waals surface area contributed by atoms with Crippen molar-refractivity contribution in [3.8, 4) is 28.5 Å². The van der Waals surface area contributed by atoms with Crippen molar-refractivity contribution < 1.29 is 8.42 Å². The van der Waals surface area contributed by atoms with Gasteiger partial charge < -0.3 is 4.98 Å². The topological polar surface area (TPSA) is 116 Å². The van der Waals surface area contributed by atoms with Crippen LogP contribution in [0.4, 0.5) is 0 Å². The van der Waals surface area contributed by atoms with Crippen LogP contribution in [0.1, 0.15) is 16.7 Å². The number of aromatic nitrogens is 2. The van der Waals surface area contributed by atoms with Gasteiger partial charge >= 0.3 is 0 Å². The molecule has 0 spiro atoms. The summed E-state index contributed by atoms with van der Waals surface area (Å²) in [6, 6.07) is 14.0. The van der Waals surface area contributed by atoms with Gasteiger partial charge in [-0.05, 0) is 47.9 Å². The van der Waals surface area contributed by atoms with Crippen LogP contribution in [0.3, 0.4) is 0 Å². The predicted octanol–water partition coefficient (Wildman–Crippen LogP) is 3.88. The summed E-state index contributed by atoms with van der Waals surface area (Å²) in [7, 11) is -3.64. The minimum atomic E-state index is -3.64. The summed E-state index contributed by atoms with van der Waals surface area (Å²) in [6.07, 6.45) is 1.53. The van der Waals surface area contributed by atoms with Gasteiger partial charge in [0.2, 0.25) is 10.0 Å². The van der Waals surface area contributed by atoms with E-state index in [1.807, 2.05) is 13.0 Å². The van der Waals surface area contributed by atoms with E-state index < -0.39 is 10.0 Å². The molecule has 2 aromatic heterocycles. The quantitative estimate of drug-likeness (QED) is 0.469. The lowest BCUT2D eigenvalue weighted by Crippen LogP contribution is -2.14. The van der Waals surface area contributed by atoms with Gasteiger partial charge in [0.25, 0.3) is 0 Å². The summed E-state index contributed by atoms with van der Waals surface area (Å²) in [4.78, 5) is 20.3. The Balaban J connectivity index is 1.87. The third kappa shape index (κ3) is 3.10. The molecular weight excluding hydrogens is 448 g/mol. The number of fused-ring (bicyclic) bond motifs is 2. The number of rotatable bonds is 2. The van der Waals surface area contributed by atoms with E-state index in [0.717, 1.165) is 11.1 Å². The van der Waals surface area contributed by atoms with E-state index in [0.29, 0.717) is 39.0 Å². The van der Waals surface area contributed by atoms with Gasteiger partial charge in [0.05, 0.1) is 27.7 Å². The molecule has 0 radical (unpaired) electrons. The highest BCUT2D eigenvalue weighted by molar-refractivity contribution is 7.90. The van der Waals surface area contributed by atoms with Crippen molar-refractivity contribution in [3.63, 3.8) is 0 Å². The summed E-state index contributed by atoms with van der Waals surface area (Å²) in [5.41, 5.74) is 4.54. The molecule has 4 aromatic rings. The fourth-order valence-electron chi connectivity index (χ4n) is 4.02. The Hall–Kier alpha value is -3.51. The Labute approximate surface area is 188 Å². The number of sulfonamides is 1. The Bertz CT molecular complexity index is 1650. The van der Waals surface area contributed by atoms with Crippen LogP contribution in [0, 0.1) is 18.3 Å². The number of nitrogens with one attached hydrogen (secondary N) is 2. The maximum Gasteiger partial charge on any atom is 0.242 e. The molecule has 0 amide bonds. The molecule has 2 aromatic carbocycles. The number of nitriles is 1. The summed E-state index contributed by atoms with van der Waals surface area (Å²) >= 11 is 6.39. The fourth-order valence-corrected chi connectivity index (χ4v) is 5.84. The zero-order valence-corrected chi connectivity index (χ0v) is 18.3. The molecule has 0 saturated carbocycles. The second kappa shape index (κ2) is 7.28. The van der Waals surface area contributed by atoms with Crippen LogP contribution in [-0.4, -0.2) is 18.4 Å². The minimum Gasteiger partial charge on any atom is -0.346 e. The molecule has 2 N–H and O–H groups in total. The molecule has 5 rings (SSSR count). The third-order valence-electron chi connectivity index (χ3n) is 5.61. The van der Waals surface area contributed by atoms with Gasteiger partial charge in [-0.1, -0.05) is 23.7 Å². The van der Waals surface area contributed by atoms with Crippen LogP contribution in [0.25, 0.3) is 33.4 Å². The molecule has 0 unspecified atom stereocenters. The average Bonchev–Trinajstić information content (AvgIpc) is 3.08. The van der Waals surface area contributed by atoms with Gasteiger partial charge in [-0.3, -0.25) is 4.79 Å². The molecule has 7 nitrogen and oxygen atoms in total. The van der Waals surface area contributed by atoms with Gasteiger partial charge in [-0.2, -0.15) is 5.26 Å². The van der Waals surface area contributed by atoms with Crippen molar-refractivity contribution in [3.05, 3.63) is 80.6 Å². The zero-order valence-electron chi connectivity index (χ0n) is 16.7. The summed E-state index contributed by atoms with van der Waals surface area (Å²) in [5.74, 6) is 0. The van der Waals surface area contributed by atoms with Gasteiger partial charge in [-0.25, -0.2) is 18.1 Å². The summed E-state index contributed by atoms with van der Waals surface area (Å²) < 4.78 is 27.0. The van der Waals surface area contributed by atoms with Crippen molar-refractivity contribution in [2.24, 2.45) is 0 Å². The van der Waals surface area contributed by atoms with Crippen LogP contribution in [-0.2, 0) is 16.6 Å². The number of H-pyrrole nitrogens is 1. The number of benzene rings is 2. The molecule has 3 heterocycles. The van der Waals surface area contributed by atoms with E-state index in [1.54, 1.807) is 30.3 Å². The van der Waals surface area contributed by atoms with E-state index >= 15 is 0 Å². The molecule has 0 aliphatic carbocycles. The number of nitrogens with zero attached hydrogens (tertiary/aromatic N) is 2. The number of aromatic amines is 1. The number of hydrogen-bond acceptors (Lipinski definition) is 5. The van der Waals surface area contributed by atoms with Gasteiger partial charge in [-0.15, -0.1) is 0 Å². The molecule has 0 atom stereocenters. The first kappa shape index (κ1) is 20.4. The molecule has 0 fully saturated rings. The standard InChI is InChI=1S/C23H15ClN4O3S/c1-12-13(10-25)3-2-4-16(12)21-17(9-18-20(29)5-6-26-23(18)28-21)14-7-15-11-27-32(30,31)22(15)19(24)8-14/h2-9,27H,11H2,1H3,(H,26,28,29). The van der Waals surface area contributed by atoms with Gasteiger partial charge in [0, 0.05) is 29.9 Å². The van der Waals surface area contributed by atoms with E-state index in [1.165, 1.54) is 12.3 Å². The number of pyridine rings is 2. The molecule has 158 valence electrons. The minimum absolute atomic E-state index is 0.0683. The number of hydrogen-bond donors (Lipinski definition) is 2. The largest absolute Gasteiger partial charge is 0.346 e. The zero-order chi connectivity index (χ0) is 22.6. The average molecular weight is 463 g/mol. The summed E-state index contributed by atoms with van der Waals surface area (Å²) in [5, 5.41) is 9.96. The first-order chi connectivity index (χ1) is 15.3. The highest BCUT2D eigenvalue weighted by atomic mass is 35.5. The maximum atomic E-state index is 12.5. The second-order valence-electron chi connectivity index (χ2n) is 7.48. The first-order valence-electron chi connectivity index (χ1n) is 9.65. The monoisotopic (exact) mass is 462 g/mol. The summed E-state index contributed by atoms with van der Waals surface area (Å²) in [6.45, 7) is 1.97. The molecular formula is C23H15ClN4O3S. The van der Waals surface area contributed by atoms with E-state index in [-0.39, 0.29) is 21.9 Å². The van der Waals surface area contributed by atoms with Gasteiger partial charge in [0.1, 0.15) is 10.5 Å². The SMILES string of the molecule is Cc1c(C#N)cccc1-c1nc2[nH]ccc(=O)c2cc1-c1cc(Cl)c2c(c1)CNS2(=O)=O. The molecule has 1 aliphatic rings. The van der Waals surface area contributed by atoms with Crippen LogP contribution in [0.2, 0.25) is 5.02 Å². The lowest BCUT2D eigenvalue weighted by Gasteiger charge is -2.15. The predicted molar refractivity (Wildman–Crippen MR) is 122 cm³/mol. The van der Waals surface area contributed by atoms with E-state index in [2.05, 4.69) is 15.8 Å². The van der Waals surface area contributed by atoms with Crippen LogP contribution >= 0.6 is 11.6 Å². The third-order valence-corrected chi connectivity index (χ3v) is 7.56. The Morgan fingerprint density at radius 1 is 1.16 bits per heavy atom. The van der Waals surface area contributed by atoms with Crippen molar-refractivity contribution in [1.29, 1.82) is 5.26 Å². The van der Waals surface area contributed by atoms with Crippen molar-refractivity contribution in [2.45, 2.75) is 18.4 Å². The second-order valence-corrected chi connectivity index (χ2v) is 9.59. The van der Waals surface area contributed by atoms with Crippen LogP contribution in [0.15, 0.2) is 58.4 Å². The van der Waals surface area contributed by atoms with Crippen LogP contribution < -0.4 is 10.2 Å². The fraction of sp³-hybridized carbons (Fsp3) is 0.0870. The Kier molecular flexibility index (Phi) is 4.64. The smallest absolute Gasteiger partial charge is 0.242 e. The molecule has 1 aliphatic heterocycles.